The van der Waals surface area contributed by atoms with Gasteiger partial charge in [-0.3, -0.25) is 19.2 Å². The average molecular weight is 659 g/mol. The van der Waals surface area contributed by atoms with E-state index < -0.39 is 23.1 Å². The van der Waals surface area contributed by atoms with Gasteiger partial charge in [0, 0.05) is 74.6 Å². The standard InChI is InChI=1S/C35H35ClN4O7/c36-23-10-8-22(9-11-23)18-26(37-33(44)31-21-29(43)32-28(42)19-24(41)20-30(32)47-31)35(46)40-16-14-38(15-17-40)27-7-3-2-6-25(27)34(45)39-12-4-1-5-13-39/h2-3,6-11,19-21,26,41-42H,1,4-5,12-18H2,(H,37,44)/t26-/m1/s1. The third-order valence-electron chi connectivity index (χ3n) is 8.68. The van der Waals surface area contributed by atoms with E-state index in [1.54, 1.807) is 29.2 Å². The monoisotopic (exact) mass is 658 g/mol. The zero-order valence-corrected chi connectivity index (χ0v) is 26.4. The summed E-state index contributed by atoms with van der Waals surface area (Å²) in [6.07, 6.45) is 3.28. The maximum absolute atomic E-state index is 14.0. The quantitative estimate of drug-likeness (QED) is 0.269. The molecule has 0 unspecified atom stereocenters. The fourth-order valence-electron chi connectivity index (χ4n) is 6.24. The van der Waals surface area contributed by atoms with E-state index in [1.807, 2.05) is 29.2 Å². The predicted molar refractivity (Wildman–Crippen MR) is 177 cm³/mol. The van der Waals surface area contributed by atoms with Crippen LogP contribution in [0.3, 0.4) is 0 Å². The molecule has 2 aliphatic rings. The summed E-state index contributed by atoms with van der Waals surface area (Å²) in [5, 5.41) is 23.1. The maximum Gasteiger partial charge on any atom is 0.287 e. The lowest BCUT2D eigenvalue weighted by molar-refractivity contribution is -0.133. The second kappa shape index (κ2) is 13.8. The minimum Gasteiger partial charge on any atom is -0.508 e. The number of nitrogens with one attached hydrogen (secondary N) is 1. The first-order valence-electron chi connectivity index (χ1n) is 15.6. The van der Waals surface area contributed by atoms with Crippen molar-refractivity contribution >= 4 is 46.0 Å². The van der Waals surface area contributed by atoms with E-state index in [9.17, 15) is 29.4 Å². The number of phenolic OH excluding ortho intramolecular Hbond substituents is 2. The first-order valence-corrected chi connectivity index (χ1v) is 16.0. The molecule has 244 valence electrons. The summed E-state index contributed by atoms with van der Waals surface area (Å²) in [7, 11) is 0. The van der Waals surface area contributed by atoms with Gasteiger partial charge in [0.15, 0.2) is 11.2 Å². The number of hydrogen-bond acceptors (Lipinski definition) is 8. The summed E-state index contributed by atoms with van der Waals surface area (Å²) in [5.41, 5.74) is 1.40. The molecular weight excluding hydrogens is 624 g/mol. The number of carbonyl (C=O) groups excluding carboxylic acids is 3. The van der Waals surface area contributed by atoms with Crippen molar-refractivity contribution in [2.24, 2.45) is 0 Å². The van der Waals surface area contributed by atoms with Gasteiger partial charge in [-0.05, 0) is 49.1 Å². The number of rotatable bonds is 7. The molecule has 1 aromatic heterocycles. The zero-order valence-electron chi connectivity index (χ0n) is 25.7. The molecule has 2 aliphatic heterocycles. The van der Waals surface area contributed by atoms with Crippen LogP contribution in [-0.4, -0.2) is 83.0 Å². The molecule has 0 spiro atoms. The van der Waals surface area contributed by atoms with E-state index in [0.717, 1.165) is 61.8 Å². The van der Waals surface area contributed by atoms with Crippen LogP contribution in [0.15, 0.2) is 75.9 Å². The Morgan fingerprint density at radius 1 is 0.851 bits per heavy atom. The van der Waals surface area contributed by atoms with Crippen LogP contribution in [-0.2, 0) is 11.2 Å². The minimum atomic E-state index is -1.01. The first kappa shape index (κ1) is 31.9. The lowest BCUT2D eigenvalue weighted by atomic mass is 10.0. The van der Waals surface area contributed by atoms with Crippen LogP contribution >= 0.6 is 11.6 Å². The SMILES string of the molecule is O=C(N[C@H](Cc1ccc(Cl)cc1)C(=O)N1CCN(c2ccccc2C(=O)N2CCCCC2)CC1)c1cc(=O)c2c(O)cc(O)cc2o1. The van der Waals surface area contributed by atoms with Crippen molar-refractivity contribution in [3.05, 3.63) is 98.9 Å². The van der Waals surface area contributed by atoms with Gasteiger partial charge in [-0.25, -0.2) is 0 Å². The number of fused-ring (bicyclic) bond motifs is 1. The third kappa shape index (κ3) is 7.05. The van der Waals surface area contributed by atoms with Gasteiger partial charge in [-0.1, -0.05) is 35.9 Å². The molecule has 0 bridgehead atoms. The Kier molecular flexibility index (Phi) is 9.35. The Bertz CT molecular complexity index is 1860. The number of aromatic hydroxyl groups is 2. The number of para-hydroxylation sites is 1. The summed E-state index contributed by atoms with van der Waals surface area (Å²) < 4.78 is 5.58. The largest absolute Gasteiger partial charge is 0.508 e. The number of benzene rings is 3. The molecule has 3 aromatic carbocycles. The smallest absolute Gasteiger partial charge is 0.287 e. The maximum atomic E-state index is 14.0. The van der Waals surface area contributed by atoms with Crippen molar-refractivity contribution in [1.29, 1.82) is 0 Å². The van der Waals surface area contributed by atoms with E-state index in [-0.39, 0.29) is 40.7 Å². The van der Waals surface area contributed by atoms with E-state index in [1.165, 1.54) is 0 Å². The Hall–Kier alpha value is -5.03. The number of phenols is 2. The fraction of sp³-hybridized carbons (Fsp3) is 0.314. The van der Waals surface area contributed by atoms with Gasteiger partial charge in [-0.2, -0.15) is 0 Å². The van der Waals surface area contributed by atoms with Gasteiger partial charge in [0.05, 0.1) is 5.56 Å². The number of anilines is 1. The topological polar surface area (TPSA) is 144 Å². The molecule has 12 heteroatoms. The third-order valence-corrected chi connectivity index (χ3v) is 8.94. The highest BCUT2D eigenvalue weighted by Gasteiger charge is 2.31. The lowest BCUT2D eigenvalue weighted by Crippen LogP contribution is -2.56. The van der Waals surface area contributed by atoms with E-state index >= 15 is 0 Å². The van der Waals surface area contributed by atoms with Crippen molar-refractivity contribution < 1.29 is 29.0 Å². The molecule has 4 aromatic rings. The zero-order chi connectivity index (χ0) is 33.1. The van der Waals surface area contributed by atoms with Crippen molar-refractivity contribution in [3.63, 3.8) is 0 Å². The highest BCUT2D eigenvalue weighted by Crippen LogP contribution is 2.28. The normalized spacial score (nSPS) is 15.8. The van der Waals surface area contributed by atoms with Crippen LogP contribution in [0.4, 0.5) is 5.69 Å². The summed E-state index contributed by atoms with van der Waals surface area (Å²) in [4.78, 5) is 59.2. The molecule has 0 saturated carbocycles. The molecule has 3 heterocycles. The minimum absolute atomic E-state index is 0.0234. The number of hydrogen-bond donors (Lipinski definition) is 3. The van der Waals surface area contributed by atoms with Crippen molar-refractivity contribution in [1.82, 2.24) is 15.1 Å². The fourth-order valence-corrected chi connectivity index (χ4v) is 6.36. The summed E-state index contributed by atoms with van der Waals surface area (Å²) in [5.74, 6) is -2.29. The van der Waals surface area contributed by atoms with Crippen molar-refractivity contribution in [2.75, 3.05) is 44.2 Å². The molecule has 2 saturated heterocycles. The number of nitrogens with zero attached hydrogens (tertiary/aromatic N) is 3. The molecule has 3 N–H and O–H groups in total. The van der Waals surface area contributed by atoms with E-state index in [0.29, 0.717) is 36.8 Å². The summed E-state index contributed by atoms with van der Waals surface area (Å²) in [6.45, 7) is 3.21. The first-order chi connectivity index (χ1) is 22.7. The molecule has 0 aliphatic carbocycles. The molecule has 11 nitrogen and oxygen atoms in total. The molecule has 2 fully saturated rings. The molecule has 0 radical (unpaired) electrons. The van der Waals surface area contributed by atoms with Gasteiger partial charge in [0.1, 0.15) is 28.5 Å². The van der Waals surface area contributed by atoms with Gasteiger partial charge >= 0.3 is 0 Å². The molecular formula is C35H35ClN4O7. The lowest BCUT2D eigenvalue weighted by Gasteiger charge is -2.38. The van der Waals surface area contributed by atoms with Crippen LogP contribution in [0.5, 0.6) is 11.5 Å². The van der Waals surface area contributed by atoms with Crippen LogP contribution in [0.2, 0.25) is 5.02 Å². The number of amides is 3. The number of piperidine rings is 1. The van der Waals surface area contributed by atoms with E-state index in [4.69, 9.17) is 16.0 Å². The van der Waals surface area contributed by atoms with Gasteiger partial charge in [0.2, 0.25) is 5.91 Å². The Balaban J connectivity index is 1.20. The summed E-state index contributed by atoms with van der Waals surface area (Å²) in [6, 6.07) is 16.6. The second-order valence-corrected chi connectivity index (χ2v) is 12.3. The van der Waals surface area contributed by atoms with Gasteiger partial charge in [0.25, 0.3) is 11.8 Å². The second-order valence-electron chi connectivity index (χ2n) is 11.9. The Morgan fingerprint density at radius 2 is 1.55 bits per heavy atom. The predicted octanol–water partition coefficient (Wildman–Crippen LogP) is 4.17. The molecule has 1 atom stereocenters. The highest BCUT2D eigenvalue weighted by molar-refractivity contribution is 6.30. The summed E-state index contributed by atoms with van der Waals surface area (Å²) >= 11 is 6.07. The van der Waals surface area contributed by atoms with Crippen LogP contribution in [0.25, 0.3) is 11.0 Å². The van der Waals surface area contributed by atoms with Crippen LogP contribution < -0.4 is 15.6 Å². The highest BCUT2D eigenvalue weighted by atomic mass is 35.5. The number of piperazine rings is 1. The number of halogens is 1. The average Bonchev–Trinajstić information content (AvgIpc) is 3.08. The van der Waals surface area contributed by atoms with Crippen molar-refractivity contribution in [2.45, 2.75) is 31.7 Å². The number of carbonyl (C=O) groups is 3. The Morgan fingerprint density at radius 3 is 2.28 bits per heavy atom. The molecule has 3 amide bonds. The van der Waals surface area contributed by atoms with Gasteiger partial charge < -0.3 is 34.6 Å². The Labute approximate surface area is 275 Å². The number of likely N-dealkylation sites (tertiary alicyclic amines) is 1. The van der Waals surface area contributed by atoms with Crippen LogP contribution in [0.1, 0.15) is 45.7 Å². The van der Waals surface area contributed by atoms with Gasteiger partial charge in [-0.15, -0.1) is 0 Å². The van der Waals surface area contributed by atoms with Crippen LogP contribution in [0, 0.1) is 0 Å². The molecule has 6 rings (SSSR count). The van der Waals surface area contributed by atoms with Crippen molar-refractivity contribution in [3.8, 4) is 11.5 Å². The van der Waals surface area contributed by atoms with E-state index in [2.05, 4.69) is 10.2 Å². The molecule has 47 heavy (non-hydrogen) atoms.